The van der Waals surface area contributed by atoms with Gasteiger partial charge in [0.05, 0.1) is 32.0 Å². The Morgan fingerprint density at radius 3 is 1.18 bits per heavy atom. The number of aliphatic hydroxyl groups excluding tert-OH is 8. The molecule has 0 bridgehead atoms. The van der Waals surface area contributed by atoms with Gasteiger partial charge in [0.2, 0.25) is 5.91 Å². The molecule has 14 nitrogen and oxygen atoms in total. The fraction of sp³-hybridized carbons (Fsp3) is 0.899. The van der Waals surface area contributed by atoms with Crippen LogP contribution in [0.15, 0.2) is 36.5 Å². The average molecular weight is 1180 g/mol. The van der Waals surface area contributed by atoms with Crippen LogP contribution in [0.25, 0.3) is 0 Å². The third kappa shape index (κ3) is 39.0. The molecule has 2 saturated heterocycles. The molecule has 488 valence electrons. The number of allylic oxidation sites excluding steroid dienone is 5. The van der Waals surface area contributed by atoms with E-state index in [1.165, 1.54) is 238 Å². The number of nitrogens with one attached hydrogen (secondary N) is 1. The Hall–Kier alpha value is -1.79. The first-order valence-electron chi connectivity index (χ1n) is 34.7. The third-order valence-electron chi connectivity index (χ3n) is 17.0. The molecule has 0 spiro atoms. The van der Waals surface area contributed by atoms with Crippen LogP contribution in [0, 0.1) is 0 Å². The van der Waals surface area contributed by atoms with Crippen LogP contribution in [0.5, 0.6) is 0 Å². The van der Waals surface area contributed by atoms with Crippen LogP contribution in [0.3, 0.4) is 0 Å². The van der Waals surface area contributed by atoms with Gasteiger partial charge in [0.15, 0.2) is 12.6 Å². The van der Waals surface area contributed by atoms with Crippen molar-refractivity contribution in [3.63, 3.8) is 0 Å². The number of ether oxygens (including phenoxy) is 4. The molecule has 1 amide bonds. The Bertz CT molecular complexity index is 1530. The Morgan fingerprint density at radius 1 is 0.422 bits per heavy atom. The fourth-order valence-corrected chi connectivity index (χ4v) is 11.5. The van der Waals surface area contributed by atoms with Crippen molar-refractivity contribution in [2.75, 3.05) is 19.8 Å². The molecule has 2 aliphatic rings. The Labute approximate surface area is 506 Å². The van der Waals surface area contributed by atoms with Gasteiger partial charge in [-0.05, 0) is 57.8 Å². The first-order valence-corrected chi connectivity index (χ1v) is 34.7. The number of carbonyl (C=O) groups excluding carboxylic acids is 1. The second-order valence-corrected chi connectivity index (χ2v) is 24.6. The molecule has 0 aliphatic carbocycles. The smallest absolute Gasteiger partial charge is 0.220 e. The summed E-state index contributed by atoms with van der Waals surface area (Å²) >= 11 is 0. The van der Waals surface area contributed by atoms with Crippen molar-refractivity contribution < 1.29 is 64.6 Å². The van der Waals surface area contributed by atoms with E-state index in [-0.39, 0.29) is 18.9 Å². The van der Waals surface area contributed by atoms with Crippen LogP contribution in [0.4, 0.5) is 0 Å². The second-order valence-electron chi connectivity index (χ2n) is 24.6. The molecule has 0 saturated carbocycles. The normalized spacial score (nSPS) is 24.0. The van der Waals surface area contributed by atoms with Crippen LogP contribution < -0.4 is 5.32 Å². The van der Waals surface area contributed by atoms with Gasteiger partial charge in [-0.2, -0.15) is 0 Å². The van der Waals surface area contributed by atoms with Gasteiger partial charge < -0.3 is 65.1 Å². The molecule has 0 aromatic heterocycles. The van der Waals surface area contributed by atoms with Gasteiger partial charge in [0, 0.05) is 6.42 Å². The van der Waals surface area contributed by atoms with E-state index in [9.17, 15) is 45.6 Å². The minimum atomic E-state index is -1.79. The number of rotatable bonds is 57. The van der Waals surface area contributed by atoms with Crippen LogP contribution >= 0.6 is 0 Å². The summed E-state index contributed by atoms with van der Waals surface area (Å²) in [5.74, 6) is -0.244. The lowest BCUT2D eigenvalue weighted by atomic mass is 9.97. The van der Waals surface area contributed by atoms with Gasteiger partial charge in [-0.15, -0.1) is 0 Å². The average Bonchev–Trinajstić information content (AvgIpc) is 3.65. The molecule has 0 aromatic rings. The van der Waals surface area contributed by atoms with Crippen LogP contribution in [-0.4, -0.2) is 140 Å². The topological polar surface area (TPSA) is 228 Å². The number of unbranched alkanes of at least 4 members (excludes halogenated alkanes) is 40. The Kier molecular flexibility index (Phi) is 50.6. The van der Waals surface area contributed by atoms with E-state index in [0.717, 1.165) is 32.1 Å². The van der Waals surface area contributed by atoms with Crippen molar-refractivity contribution in [2.24, 2.45) is 0 Å². The quantitative estimate of drug-likeness (QED) is 0.0204. The molecule has 9 N–H and O–H groups in total. The summed E-state index contributed by atoms with van der Waals surface area (Å²) in [6, 6.07) is -0.931. The summed E-state index contributed by atoms with van der Waals surface area (Å²) in [7, 11) is 0. The number of carbonyl (C=O) groups is 1. The summed E-state index contributed by atoms with van der Waals surface area (Å²) < 4.78 is 22.8. The number of hydrogen-bond acceptors (Lipinski definition) is 13. The van der Waals surface area contributed by atoms with Gasteiger partial charge in [-0.1, -0.05) is 275 Å². The summed E-state index contributed by atoms with van der Waals surface area (Å²) in [6.45, 7) is 2.82. The molecule has 0 aromatic carbocycles. The Morgan fingerprint density at radius 2 is 0.771 bits per heavy atom. The predicted molar refractivity (Wildman–Crippen MR) is 337 cm³/mol. The van der Waals surface area contributed by atoms with E-state index in [4.69, 9.17) is 18.9 Å². The molecule has 83 heavy (non-hydrogen) atoms. The minimum absolute atomic E-state index is 0.244. The highest BCUT2D eigenvalue weighted by Crippen LogP contribution is 2.30. The van der Waals surface area contributed by atoms with Crippen molar-refractivity contribution in [3.8, 4) is 0 Å². The molecule has 14 heteroatoms. The maximum Gasteiger partial charge on any atom is 0.220 e. The zero-order chi connectivity index (χ0) is 60.2. The molecule has 0 radical (unpaired) electrons. The van der Waals surface area contributed by atoms with Crippen molar-refractivity contribution in [2.45, 2.75) is 376 Å². The summed E-state index contributed by atoms with van der Waals surface area (Å²) in [5, 5.41) is 87.4. The van der Waals surface area contributed by atoms with E-state index >= 15 is 0 Å². The number of aliphatic hydroxyl groups is 8. The zero-order valence-electron chi connectivity index (χ0n) is 53.0. The van der Waals surface area contributed by atoms with Crippen molar-refractivity contribution >= 4 is 5.91 Å². The maximum atomic E-state index is 13.3. The van der Waals surface area contributed by atoms with E-state index in [1.54, 1.807) is 6.08 Å². The van der Waals surface area contributed by atoms with Gasteiger partial charge in [0.25, 0.3) is 0 Å². The lowest BCUT2D eigenvalue weighted by Crippen LogP contribution is -2.65. The third-order valence-corrected chi connectivity index (χ3v) is 17.0. The molecular formula is C69H129NO13. The van der Waals surface area contributed by atoms with E-state index < -0.39 is 86.8 Å². The van der Waals surface area contributed by atoms with Crippen molar-refractivity contribution in [3.05, 3.63) is 36.5 Å². The van der Waals surface area contributed by atoms with Gasteiger partial charge >= 0.3 is 0 Å². The SMILES string of the molecule is CCCCCCCCCC/C=C\CCCCCCCCCCCCCCCCCC(=O)NC(COC1OC(CO)C(OC2OC(CO)C(O)C(O)C2O)C(O)C1O)C(O)/C=C/CC/C=C/CCCCCCCCCCCCCCCCCC. The first kappa shape index (κ1) is 77.3. The molecule has 2 fully saturated rings. The van der Waals surface area contributed by atoms with E-state index in [2.05, 4.69) is 43.5 Å². The predicted octanol–water partition coefficient (Wildman–Crippen LogP) is 13.7. The van der Waals surface area contributed by atoms with Gasteiger partial charge in [-0.3, -0.25) is 4.79 Å². The lowest BCUT2D eigenvalue weighted by molar-refractivity contribution is -0.359. The molecule has 12 unspecified atom stereocenters. The van der Waals surface area contributed by atoms with E-state index in [0.29, 0.717) is 12.8 Å². The number of hydrogen-bond donors (Lipinski definition) is 9. The highest BCUT2D eigenvalue weighted by Gasteiger charge is 2.51. The van der Waals surface area contributed by atoms with Crippen molar-refractivity contribution in [1.29, 1.82) is 0 Å². The monoisotopic (exact) mass is 1180 g/mol. The first-order chi connectivity index (χ1) is 40.6. The van der Waals surface area contributed by atoms with Gasteiger partial charge in [0.1, 0.15) is 48.8 Å². The van der Waals surface area contributed by atoms with Gasteiger partial charge in [-0.25, -0.2) is 0 Å². The Balaban J connectivity index is 1.70. The van der Waals surface area contributed by atoms with Crippen LogP contribution in [0.2, 0.25) is 0 Å². The second kappa shape index (κ2) is 54.4. The number of amides is 1. The largest absolute Gasteiger partial charge is 0.394 e. The summed E-state index contributed by atoms with van der Waals surface area (Å²) in [4.78, 5) is 13.3. The highest BCUT2D eigenvalue weighted by molar-refractivity contribution is 5.76. The summed E-state index contributed by atoms with van der Waals surface area (Å²) in [5.41, 5.74) is 0. The highest BCUT2D eigenvalue weighted by atomic mass is 16.7. The molecule has 2 aliphatic heterocycles. The van der Waals surface area contributed by atoms with Crippen LogP contribution in [0.1, 0.15) is 303 Å². The molecule has 12 atom stereocenters. The summed E-state index contributed by atoms with van der Waals surface area (Å²) in [6.07, 6.45) is 52.0. The van der Waals surface area contributed by atoms with E-state index in [1.807, 2.05) is 6.08 Å². The molecule has 2 rings (SSSR count). The fourth-order valence-electron chi connectivity index (χ4n) is 11.5. The molecular weight excluding hydrogens is 1050 g/mol. The maximum absolute atomic E-state index is 13.3. The minimum Gasteiger partial charge on any atom is -0.394 e. The van der Waals surface area contributed by atoms with Crippen LogP contribution in [-0.2, 0) is 23.7 Å². The van der Waals surface area contributed by atoms with Crippen molar-refractivity contribution in [1.82, 2.24) is 5.32 Å². The standard InChI is InChI=1S/C69H129NO13/c1-3-5-7-9-11-13-15-17-19-21-23-25-27-28-29-30-31-33-35-37-39-41-43-45-47-49-51-53-61(74)70-57(56-80-68-66(79)64(77)67(60(55-72)82-68)83-69-65(78)63(76)62(75)59(54-71)81-69)58(73)52-50-48-46-44-42-40-38-36-34-32-26-24-22-20-18-16-14-12-10-8-6-4-2/h21,23,42,44,50,52,57-60,62-69,71-73,75-79H,3-20,22,24-41,43,45-49,51,53-56H2,1-2H3,(H,70,74)/b23-21-,44-42+,52-50+. The zero-order valence-corrected chi connectivity index (χ0v) is 53.0. The molecule has 2 heterocycles. The lowest BCUT2D eigenvalue weighted by Gasteiger charge is -2.46.